The van der Waals surface area contributed by atoms with E-state index in [1.165, 1.54) is 24.0 Å². The first-order chi connectivity index (χ1) is 15.6. The minimum Gasteiger partial charge on any atom is -0.489 e. The zero-order valence-electron chi connectivity index (χ0n) is 18.5. The fraction of sp³-hybridized carbons (Fsp3) is 0.519. The van der Waals surface area contributed by atoms with Crippen LogP contribution in [0.2, 0.25) is 0 Å². The van der Waals surface area contributed by atoms with Gasteiger partial charge in [0, 0.05) is 24.4 Å². The first-order valence-electron chi connectivity index (χ1n) is 12.1. The standard InChI is InChI=1S/C27H32N2O3/c30-27-11-10-22(28-31)16-26(27)12-13-29(17-19-6-7-19)25(27)14-21-8-9-23(15-24(21)26)32-18-20-4-2-1-3-5-20/h1-5,8-9,15,19,25,30-31H,6-7,10-14,16-18H2/b28-22+. The number of hydrogen-bond donors (Lipinski definition) is 2. The van der Waals surface area contributed by atoms with E-state index in [0.717, 1.165) is 48.9 Å². The van der Waals surface area contributed by atoms with Crippen molar-refractivity contribution in [3.05, 3.63) is 65.2 Å². The monoisotopic (exact) mass is 432 g/mol. The maximum Gasteiger partial charge on any atom is 0.120 e. The average molecular weight is 433 g/mol. The van der Waals surface area contributed by atoms with Crippen molar-refractivity contribution >= 4 is 5.71 Å². The molecule has 3 fully saturated rings. The Morgan fingerprint density at radius 2 is 1.94 bits per heavy atom. The third-order valence-corrected chi connectivity index (χ3v) is 8.54. The SMILES string of the molecule is O/N=C1\CCC2(O)C3Cc4ccc(OCc5ccccc5)cc4C2(CCN3CC2CC2)C1. The average Bonchev–Trinajstić information content (AvgIpc) is 3.64. The van der Waals surface area contributed by atoms with Crippen LogP contribution in [-0.2, 0) is 18.4 Å². The Balaban J connectivity index is 1.37. The van der Waals surface area contributed by atoms with Crippen molar-refractivity contribution < 1.29 is 15.1 Å². The second-order valence-corrected chi connectivity index (χ2v) is 10.4. The Bertz CT molecular complexity index is 1030. The number of fused-ring (bicyclic) bond motifs is 1. The van der Waals surface area contributed by atoms with Crippen molar-refractivity contribution in [2.45, 2.75) is 68.6 Å². The quantitative estimate of drug-likeness (QED) is 0.547. The number of nitrogens with zero attached hydrogens (tertiary/aromatic N) is 2. The van der Waals surface area contributed by atoms with Crippen LogP contribution in [0.15, 0.2) is 53.7 Å². The van der Waals surface area contributed by atoms with Gasteiger partial charge < -0.3 is 15.1 Å². The summed E-state index contributed by atoms with van der Waals surface area (Å²) < 4.78 is 6.17. The lowest BCUT2D eigenvalue weighted by molar-refractivity contribution is -0.154. The zero-order chi connectivity index (χ0) is 21.8. The minimum atomic E-state index is -0.792. The first kappa shape index (κ1) is 20.3. The van der Waals surface area contributed by atoms with Crippen molar-refractivity contribution in [1.29, 1.82) is 0 Å². The largest absolute Gasteiger partial charge is 0.489 e. The van der Waals surface area contributed by atoms with Crippen LogP contribution in [0.5, 0.6) is 5.75 Å². The van der Waals surface area contributed by atoms with Gasteiger partial charge in [0.25, 0.3) is 0 Å². The minimum absolute atomic E-state index is 0.140. The van der Waals surface area contributed by atoms with Gasteiger partial charge in [-0.3, -0.25) is 4.90 Å². The van der Waals surface area contributed by atoms with Crippen LogP contribution in [0.25, 0.3) is 0 Å². The maximum absolute atomic E-state index is 12.3. The molecule has 5 heteroatoms. The number of aliphatic hydroxyl groups is 1. The molecule has 0 amide bonds. The van der Waals surface area contributed by atoms with E-state index >= 15 is 0 Å². The zero-order valence-corrected chi connectivity index (χ0v) is 18.5. The molecule has 3 unspecified atom stereocenters. The summed E-state index contributed by atoms with van der Waals surface area (Å²) in [6.07, 6.45) is 6.38. The molecule has 168 valence electrons. The van der Waals surface area contributed by atoms with Crippen LogP contribution >= 0.6 is 0 Å². The van der Waals surface area contributed by atoms with Crippen LogP contribution in [0.1, 0.15) is 55.2 Å². The van der Waals surface area contributed by atoms with E-state index in [1.54, 1.807) is 0 Å². The van der Waals surface area contributed by atoms with E-state index in [4.69, 9.17) is 4.74 Å². The molecule has 2 aromatic carbocycles. The smallest absolute Gasteiger partial charge is 0.120 e. The predicted octanol–water partition coefficient (Wildman–Crippen LogP) is 4.29. The predicted molar refractivity (Wildman–Crippen MR) is 123 cm³/mol. The van der Waals surface area contributed by atoms with Crippen LogP contribution < -0.4 is 4.74 Å². The molecule has 2 bridgehead atoms. The normalized spacial score (nSPS) is 32.9. The molecule has 1 saturated heterocycles. The van der Waals surface area contributed by atoms with Gasteiger partial charge in [-0.05, 0) is 79.8 Å². The van der Waals surface area contributed by atoms with E-state index < -0.39 is 11.0 Å². The van der Waals surface area contributed by atoms with Gasteiger partial charge in [-0.2, -0.15) is 0 Å². The second kappa shape index (κ2) is 7.60. The summed E-state index contributed by atoms with van der Waals surface area (Å²) in [4.78, 5) is 2.57. The van der Waals surface area contributed by atoms with Crippen molar-refractivity contribution in [2.24, 2.45) is 11.1 Å². The molecular weight excluding hydrogens is 400 g/mol. The molecule has 32 heavy (non-hydrogen) atoms. The molecule has 6 rings (SSSR count). The molecule has 0 spiro atoms. The fourth-order valence-electron chi connectivity index (χ4n) is 6.66. The topological polar surface area (TPSA) is 65.3 Å². The van der Waals surface area contributed by atoms with Crippen molar-refractivity contribution in [3.63, 3.8) is 0 Å². The van der Waals surface area contributed by atoms with Gasteiger partial charge in [0.15, 0.2) is 0 Å². The number of hydrogen-bond acceptors (Lipinski definition) is 5. The van der Waals surface area contributed by atoms with Crippen molar-refractivity contribution in [2.75, 3.05) is 13.1 Å². The van der Waals surface area contributed by atoms with E-state index in [9.17, 15) is 10.3 Å². The Labute approximate surface area is 189 Å². The van der Waals surface area contributed by atoms with Gasteiger partial charge in [0.05, 0.1) is 11.3 Å². The Morgan fingerprint density at radius 1 is 1.09 bits per heavy atom. The summed E-state index contributed by atoms with van der Waals surface area (Å²) >= 11 is 0. The molecule has 4 aliphatic rings. The van der Waals surface area contributed by atoms with Gasteiger partial charge in [-0.15, -0.1) is 0 Å². The number of oxime groups is 1. The number of piperidine rings is 1. The molecule has 5 nitrogen and oxygen atoms in total. The van der Waals surface area contributed by atoms with Crippen LogP contribution in [-0.4, -0.2) is 45.7 Å². The molecule has 1 heterocycles. The Kier molecular flexibility index (Phi) is 4.81. The Hall–Kier alpha value is -2.37. The van der Waals surface area contributed by atoms with Crippen LogP contribution in [0.3, 0.4) is 0 Å². The summed E-state index contributed by atoms with van der Waals surface area (Å²) in [5, 5.41) is 25.5. The van der Waals surface area contributed by atoms with Crippen molar-refractivity contribution in [1.82, 2.24) is 4.90 Å². The van der Waals surface area contributed by atoms with E-state index in [-0.39, 0.29) is 6.04 Å². The van der Waals surface area contributed by atoms with Crippen LogP contribution in [0, 0.1) is 5.92 Å². The van der Waals surface area contributed by atoms with Gasteiger partial charge in [-0.1, -0.05) is 41.6 Å². The Morgan fingerprint density at radius 3 is 2.72 bits per heavy atom. The summed E-state index contributed by atoms with van der Waals surface area (Å²) in [6.45, 7) is 2.63. The highest BCUT2D eigenvalue weighted by Crippen LogP contribution is 2.58. The summed E-state index contributed by atoms with van der Waals surface area (Å²) in [7, 11) is 0. The lowest BCUT2D eigenvalue weighted by Gasteiger charge is -2.63. The molecule has 0 aromatic heterocycles. The number of ether oxygens (including phenoxy) is 1. The summed E-state index contributed by atoms with van der Waals surface area (Å²) in [5.74, 6) is 1.65. The van der Waals surface area contributed by atoms with Gasteiger partial charge >= 0.3 is 0 Å². The summed E-state index contributed by atoms with van der Waals surface area (Å²) in [6, 6.07) is 16.8. The van der Waals surface area contributed by atoms with Crippen LogP contribution in [0.4, 0.5) is 0 Å². The number of benzene rings is 2. The van der Waals surface area contributed by atoms with Crippen molar-refractivity contribution in [3.8, 4) is 5.75 Å². The molecule has 2 N–H and O–H groups in total. The highest BCUT2D eigenvalue weighted by atomic mass is 16.5. The van der Waals surface area contributed by atoms with Gasteiger partial charge in [0.2, 0.25) is 0 Å². The molecule has 3 atom stereocenters. The highest BCUT2D eigenvalue weighted by Gasteiger charge is 2.64. The first-order valence-corrected chi connectivity index (χ1v) is 12.1. The molecule has 1 aliphatic heterocycles. The third kappa shape index (κ3) is 3.17. The molecule has 2 aromatic rings. The number of likely N-dealkylation sites (tertiary alicyclic amines) is 1. The van der Waals surface area contributed by atoms with E-state index in [2.05, 4.69) is 40.4 Å². The molecular formula is C27H32N2O3. The third-order valence-electron chi connectivity index (χ3n) is 8.54. The van der Waals surface area contributed by atoms with Gasteiger partial charge in [0.1, 0.15) is 12.4 Å². The molecule has 0 radical (unpaired) electrons. The highest BCUT2D eigenvalue weighted by molar-refractivity contribution is 5.87. The van der Waals surface area contributed by atoms with E-state index in [1.807, 2.05) is 18.2 Å². The lowest BCUT2D eigenvalue weighted by atomic mass is 9.49. The maximum atomic E-state index is 12.3. The number of rotatable bonds is 5. The van der Waals surface area contributed by atoms with E-state index in [0.29, 0.717) is 25.9 Å². The molecule has 3 aliphatic carbocycles. The second-order valence-electron chi connectivity index (χ2n) is 10.4. The summed E-state index contributed by atoms with van der Waals surface area (Å²) in [5.41, 5.74) is 3.27. The van der Waals surface area contributed by atoms with Gasteiger partial charge in [-0.25, -0.2) is 0 Å². The molecule has 2 saturated carbocycles. The lowest BCUT2D eigenvalue weighted by Crippen LogP contribution is -2.73. The fourth-order valence-corrected chi connectivity index (χ4v) is 6.66.